The van der Waals surface area contributed by atoms with Gasteiger partial charge in [0.1, 0.15) is 0 Å². The number of amidine groups is 1. The smallest absolute Gasteiger partial charge is 0.0959 e. The van der Waals surface area contributed by atoms with E-state index < -0.39 is 0 Å². The first-order chi connectivity index (χ1) is 6.44. The Balaban J connectivity index is 2.57. The fraction of sp³-hybridized carbons (Fsp3) is 0.909. The number of hydrogen-bond acceptors (Lipinski definition) is 2. The Morgan fingerprint density at radius 2 is 2.21 bits per heavy atom. The fourth-order valence-electron chi connectivity index (χ4n) is 2.05. The van der Waals surface area contributed by atoms with Crippen LogP contribution in [-0.2, 0) is 4.74 Å². The second kappa shape index (κ2) is 4.30. The molecule has 1 atom stereocenters. The predicted molar refractivity (Wildman–Crippen MR) is 58.8 cm³/mol. The van der Waals surface area contributed by atoms with Gasteiger partial charge in [-0.1, -0.05) is 6.92 Å². The van der Waals surface area contributed by atoms with Gasteiger partial charge in [-0.3, -0.25) is 5.41 Å². The van der Waals surface area contributed by atoms with E-state index in [0.717, 1.165) is 31.8 Å². The van der Waals surface area contributed by atoms with Crippen molar-refractivity contribution >= 4 is 5.84 Å². The van der Waals surface area contributed by atoms with Crippen LogP contribution in [0.3, 0.4) is 0 Å². The van der Waals surface area contributed by atoms with E-state index >= 15 is 0 Å². The van der Waals surface area contributed by atoms with Crippen LogP contribution in [0.25, 0.3) is 0 Å². The van der Waals surface area contributed by atoms with Crippen LogP contribution in [0.2, 0.25) is 0 Å². The van der Waals surface area contributed by atoms with Gasteiger partial charge in [-0.2, -0.15) is 0 Å². The van der Waals surface area contributed by atoms with Crippen molar-refractivity contribution in [1.82, 2.24) is 4.90 Å². The second-order valence-electron chi connectivity index (χ2n) is 4.77. The predicted octanol–water partition coefficient (Wildman–Crippen LogP) is 2.26. The van der Waals surface area contributed by atoms with Crippen LogP contribution in [0.1, 0.15) is 40.5 Å². The molecule has 1 rings (SSSR count). The maximum Gasteiger partial charge on any atom is 0.0959 e. The summed E-state index contributed by atoms with van der Waals surface area (Å²) in [5.41, 5.74) is -0.113. The van der Waals surface area contributed by atoms with Crippen LogP contribution >= 0.6 is 0 Å². The Bertz CT molecular complexity index is 213. The zero-order valence-electron chi connectivity index (χ0n) is 9.76. The molecule has 0 radical (unpaired) electrons. The van der Waals surface area contributed by atoms with Gasteiger partial charge in [0.05, 0.1) is 17.5 Å². The summed E-state index contributed by atoms with van der Waals surface area (Å²) in [5, 5.41) is 7.92. The van der Waals surface area contributed by atoms with Crippen molar-refractivity contribution in [2.75, 3.05) is 13.1 Å². The van der Waals surface area contributed by atoms with Gasteiger partial charge in [-0.05, 0) is 27.2 Å². The van der Waals surface area contributed by atoms with Crippen molar-refractivity contribution < 1.29 is 4.74 Å². The summed E-state index contributed by atoms with van der Waals surface area (Å²) in [5.74, 6) is 0.760. The normalized spacial score (nSPS) is 26.3. The van der Waals surface area contributed by atoms with Crippen molar-refractivity contribution in [2.45, 2.75) is 52.2 Å². The zero-order valence-corrected chi connectivity index (χ0v) is 9.76. The van der Waals surface area contributed by atoms with Crippen molar-refractivity contribution in [3.8, 4) is 0 Å². The van der Waals surface area contributed by atoms with Gasteiger partial charge < -0.3 is 9.64 Å². The Labute approximate surface area is 86.9 Å². The molecule has 1 unspecified atom stereocenters. The lowest BCUT2D eigenvalue weighted by atomic mass is 10.0. The number of ether oxygens (including phenoxy) is 1. The quantitative estimate of drug-likeness (QED) is 0.546. The molecular weight excluding hydrogens is 176 g/mol. The third-order valence-corrected chi connectivity index (χ3v) is 2.44. The molecule has 1 saturated heterocycles. The van der Waals surface area contributed by atoms with Gasteiger partial charge in [0, 0.05) is 19.5 Å². The number of morpholine rings is 1. The van der Waals surface area contributed by atoms with Gasteiger partial charge in [0.15, 0.2) is 0 Å². The molecule has 0 aromatic carbocycles. The molecule has 14 heavy (non-hydrogen) atoms. The molecule has 0 aromatic rings. The van der Waals surface area contributed by atoms with Crippen molar-refractivity contribution in [3.05, 3.63) is 0 Å². The van der Waals surface area contributed by atoms with E-state index in [9.17, 15) is 0 Å². The summed E-state index contributed by atoms with van der Waals surface area (Å²) in [6.07, 6.45) is 2.16. The topological polar surface area (TPSA) is 36.3 Å². The third-order valence-electron chi connectivity index (χ3n) is 2.44. The van der Waals surface area contributed by atoms with Crippen LogP contribution in [0.15, 0.2) is 0 Å². The molecule has 0 aromatic heterocycles. The number of rotatable bonds is 2. The Morgan fingerprint density at radius 1 is 1.57 bits per heavy atom. The standard InChI is InChI=1S/C11H22N2O/c1-5-6-10(12)13-7-9(2)14-11(3,4)8-13/h9,12H,5-8H2,1-4H3. The van der Waals surface area contributed by atoms with E-state index in [-0.39, 0.29) is 11.7 Å². The average Bonchev–Trinajstić information content (AvgIpc) is 2.00. The fourth-order valence-corrected chi connectivity index (χ4v) is 2.05. The molecule has 0 bridgehead atoms. The van der Waals surface area contributed by atoms with E-state index in [1.54, 1.807) is 0 Å². The largest absolute Gasteiger partial charge is 0.369 e. The molecule has 0 saturated carbocycles. The van der Waals surface area contributed by atoms with Crippen LogP contribution in [0.4, 0.5) is 0 Å². The van der Waals surface area contributed by atoms with Gasteiger partial charge in [0.25, 0.3) is 0 Å². The molecule has 1 aliphatic rings. The highest BCUT2D eigenvalue weighted by Crippen LogP contribution is 2.21. The summed E-state index contributed by atoms with van der Waals surface area (Å²) < 4.78 is 5.79. The highest BCUT2D eigenvalue weighted by molar-refractivity contribution is 5.79. The van der Waals surface area contributed by atoms with Crippen LogP contribution in [0.5, 0.6) is 0 Å². The average molecular weight is 198 g/mol. The molecule has 1 N–H and O–H groups in total. The van der Waals surface area contributed by atoms with E-state index in [1.807, 2.05) is 0 Å². The zero-order chi connectivity index (χ0) is 10.8. The van der Waals surface area contributed by atoms with E-state index in [0.29, 0.717) is 0 Å². The molecular formula is C11H22N2O. The Morgan fingerprint density at radius 3 is 2.71 bits per heavy atom. The Kier molecular flexibility index (Phi) is 3.53. The molecule has 1 heterocycles. The van der Waals surface area contributed by atoms with Gasteiger partial charge in [-0.15, -0.1) is 0 Å². The van der Waals surface area contributed by atoms with Crippen molar-refractivity contribution in [3.63, 3.8) is 0 Å². The van der Waals surface area contributed by atoms with Crippen molar-refractivity contribution in [2.24, 2.45) is 0 Å². The first-order valence-electron chi connectivity index (χ1n) is 5.45. The maximum absolute atomic E-state index is 7.92. The lowest BCUT2D eigenvalue weighted by molar-refractivity contribution is -0.113. The molecule has 0 spiro atoms. The minimum atomic E-state index is -0.113. The van der Waals surface area contributed by atoms with Crippen LogP contribution in [-0.4, -0.2) is 35.5 Å². The molecule has 3 nitrogen and oxygen atoms in total. The molecule has 82 valence electrons. The van der Waals surface area contributed by atoms with Gasteiger partial charge in [-0.25, -0.2) is 0 Å². The monoisotopic (exact) mass is 198 g/mol. The summed E-state index contributed by atoms with van der Waals surface area (Å²) in [6, 6.07) is 0. The van der Waals surface area contributed by atoms with E-state index in [1.165, 1.54) is 0 Å². The minimum absolute atomic E-state index is 0.113. The second-order valence-corrected chi connectivity index (χ2v) is 4.77. The SMILES string of the molecule is CCCC(=N)N1CC(C)OC(C)(C)C1. The van der Waals surface area contributed by atoms with Gasteiger partial charge >= 0.3 is 0 Å². The van der Waals surface area contributed by atoms with E-state index in [4.69, 9.17) is 10.1 Å². The molecule has 0 amide bonds. The summed E-state index contributed by atoms with van der Waals surface area (Å²) >= 11 is 0. The van der Waals surface area contributed by atoms with Crippen molar-refractivity contribution in [1.29, 1.82) is 5.41 Å². The molecule has 1 fully saturated rings. The molecule has 0 aliphatic carbocycles. The summed E-state index contributed by atoms with van der Waals surface area (Å²) in [7, 11) is 0. The molecule has 1 aliphatic heterocycles. The highest BCUT2D eigenvalue weighted by atomic mass is 16.5. The molecule has 3 heteroatoms. The lowest BCUT2D eigenvalue weighted by Crippen LogP contribution is -2.53. The number of nitrogens with one attached hydrogen (secondary N) is 1. The number of hydrogen-bond donors (Lipinski definition) is 1. The van der Waals surface area contributed by atoms with Crippen LogP contribution in [0, 0.1) is 5.41 Å². The van der Waals surface area contributed by atoms with Gasteiger partial charge in [0.2, 0.25) is 0 Å². The van der Waals surface area contributed by atoms with Crippen LogP contribution < -0.4 is 0 Å². The number of nitrogens with zero attached hydrogens (tertiary/aromatic N) is 1. The first kappa shape index (κ1) is 11.5. The minimum Gasteiger partial charge on any atom is -0.369 e. The Hall–Kier alpha value is -0.570. The highest BCUT2D eigenvalue weighted by Gasteiger charge is 2.31. The maximum atomic E-state index is 7.92. The third kappa shape index (κ3) is 2.98. The van der Waals surface area contributed by atoms with E-state index in [2.05, 4.69) is 32.6 Å². The lowest BCUT2D eigenvalue weighted by Gasteiger charge is -2.42. The summed E-state index contributed by atoms with van der Waals surface area (Å²) in [4.78, 5) is 2.15. The summed E-state index contributed by atoms with van der Waals surface area (Å²) in [6.45, 7) is 10.1. The first-order valence-corrected chi connectivity index (χ1v) is 5.45.